The zero-order valence-corrected chi connectivity index (χ0v) is 11.4. The quantitative estimate of drug-likeness (QED) is 0.772. The Bertz CT molecular complexity index is 649. The predicted molar refractivity (Wildman–Crippen MR) is 72.2 cm³/mol. The molecule has 0 aliphatic heterocycles. The van der Waals surface area contributed by atoms with Crippen molar-refractivity contribution in [3.05, 3.63) is 12.7 Å². The SMILES string of the molecule is CNC(=O)NC(=O)Cn1cnc2c(N(C)C)ncnc21. The summed E-state index contributed by atoms with van der Waals surface area (Å²) in [6.07, 6.45) is 2.91. The molecule has 3 amide bonds. The van der Waals surface area contributed by atoms with Crippen LogP contribution in [0.5, 0.6) is 0 Å². The molecule has 9 heteroatoms. The molecule has 2 aromatic rings. The molecule has 0 bridgehead atoms. The van der Waals surface area contributed by atoms with Crippen molar-refractivity contribution in [1.82, 2.24) is 30.2 Å². The van der Waals surface area contributed by atoms with Crippen LogP contribution < -0.4 is 15.5 Å². The second-order valence-electron chi connectivity index (χ2n) is 4.26. The number of nitrogens with one attached hydrogen (secondary N) is 2. The number of imidazole rings is 1. The van der Waals surface area contributed by atoms with Crippen LogP contribution in [-0.2, 0) is 11.3 Å². The summed E-state index contributed by atoms with van der Waals surface area (Å²) in [5, 5.41) is 4.49. The lowest BCUT2D eigenvalue weighted by Crippen LogP contribution is -2.39. The first-order valence-electron chi connectivity index (χ1n) is 5.87. The fourth-order valence-electron chi connectivity index (χ4n) is 1.69. The van der Waals surface area contributed by atoms with E-state index in [9.17, 15) is 9.59 Å². The first-order valence-corrected chi connectivity index (χ1v) is 5.87. The van der Waals surface area contributed by atoms with Crippen LogP contribution in [0.2, 0.25) is 0 Å². The summed E-state index contributed by atoms with van der Waals surface area (Å²) >= 11 is 0. The summed E-state index contributed by atoms with van der Waals surface area (Å²) in [5.41, 5.74) is 1.14. The van der Waals surface area contributed by atoms with Crippen LogP contribution in [0.15, 0.2) is 12.7 Å². The van der Waals surface area contributed by atoms with Crippen LogP contribution in [0.1, 0.15) is 0 Å². The predicted octanol–water partition coefficient (Wildman–Crippen LogP) is -0.652. The smallest absolute Gasteiger partial charge is 0.321 e. The molecular weight excluding hydrogens is 262 g/mol. The first-order chi connectivity index (χ1) is 9.52. The Labute approximate surface area is 115 Å². The number of hydrogen-bond acceptors (Lipinski definition) is 6. The van der Waals surface area contributed by atoms with Crippen LogP contribution >= 0.6 is 0 Å². The standard InChI is InChI=1S/C11H15N7O2/c1-12-11(20)16-7(19)4-18-6-15-8-9(17(2)3)13-5-14-10(8)18/h5-6H,4H2,1-3H3,(H2,12,16,19,20). The van der Waals surface area contributed by atoms with Crippen molar-refractivity contribution in [3.8, 4) is 0 Å². The number of nitrogens with zero attached hydrogens (tertiary/aromatic N) is 5. The molecule has 0 saturated carbocycles. The van der Waals surface area contributed by atoms with Gasteiger partial charge in [0, 0.05) is 21.1 Å². The van der Waals surface area contributed by atoms with E-state index in [1.54, 1.807) is 4.57 Å². The molecule has 2 heterocycles. The Balaban J connectivity index is 2.26. The van der Waals surface area contributed by atoms with Gasteiger partial charge in [-0.1, -0.05) is 0 Å². The molecule has 0 saturated heterocycles. The Morgan fingerprint density at radius 2 is 2.05 bits per heavy atom. The van der Waals surface area contributed by atoms with Crippen LogP contribution in [0, 0.1) is 0 Å². The molecule has 9 nitrogen and oxygen atoms in total. The van der Waals surface area contributed by atoms with Crippen LogP contribution in [-0.4, -0.2) is 52.6 Å². The number of carbonyl (C=O) groups is 2. The molecule has 0 aliphatic rings. The number of fused-ring (bicyclic) bond motifs is 1. The lowest BCUT2D eigenvalue weighted by molar-refractivity contribution is -0.120. The minimum atomic E-state index is -0.553. The van der Waals surface area contributed by atoms with Gasteiger partial charge in [-0.3, -0.25) is 10.1 Å². The summed E-state index contributed by atoms with van der Waals surface area (Å²) < 4.78 is 1.56. The van der Waals surface area contributed by atoms with Crippen LogP contribution in [0.3, 0.4) is 0 Å². The fourth-order valence-corrected chi connectivity index (χ4v) is 1.69. The Morgan fingerprint density at radius 3 is 2.70 bits per heavy atom. The van der Waals surface area contributed by atoms with E-state index in [4.69, 9.17) is 0 Å². The second kappa shape index (κ2) is 5.51. The van der Waals surface area contributed by atoms with E-state index in [1.807, 2.05) is 19.0 Å². The molecule has 0 spiro atoms. The monoisotopic (exact) mass is 277 g/mol. The van der Waals surface area contributed by atoms with Gasteiger partial charge in [-0.25, -0.2) is 19.7 Å². The highest BCUT2D eigenvalue weighted by Crippen LogP contribution is 2.18. The molecule has 0 aromatic carbocycles. The molecule has 20 heavy (non-hydrogen) atoms. The lowest BCUT2D eigenvalue weighted by atomic mass is 10.4. The van der Waals surface area contributed by atoms with Crippen molar-refractivity contribution in [2.45, 2.75) is 6.54 Å². The maximum Gasteiger partial charge on any atom is 0.321 e. The van der Waals surface area contributed by atoms with Gasteiger partial charge in [0.15, 0.2) is 17.0 Å². The third-order valence-electron chi connectivity index (χ3n) is 2.60. The summed E-state index contributed by atoms with van der Waals surface area (Å²) in [5.74, 6) is 0.217. The van der Waals surface area contributed by atoms with E-state index < -0.39 is 11.9 Å². The number of carbonyl (C=O) groups excluding carboxylic acids is 2. The summed E-state index contributed by atoms with van der Waals surface area (Å²) in [6, 6.07) is -0.553. The molecule has 106 valence electrons. The normalized spacial score (nSPS) is 10.3. The number of urea groups is 1. The molecule has 0 atom stereocenters. The minimum absolute atomic E-state index is 0.0478. The number of imide groups is 1. The van der Waals surface area contributed by atoms with Gasteiger partial charge in [-0.2, -0.15) is 0 Å². The van der Waals surface area contributed by atoms with Gasteiger partial charge >= 0.3 is 6.03 Å². The number of hydrogen-bond donors (Lipinski definition) is 2. The molecule has 0 radical (unpaired) electrons. The number of amides is 3. The highest BCUT2D eigenvalue weighted by atomic mass is 16.2. The van der Waals surface area contributed by atoms with E-state index in [-0.39, 0.29) is 6.54 Å². The molecule has 0 fully saturated rings. The Morgan fingerprint density at radius 1 is 1.30 bits per heavy atom. The van der Waals surface area contributed by atoms with Gasteiger partial charge in [0.25, 0.3) is 0 Å². The lowest BCUT2D eigenvalue weighted by Gasteiger charge is -2.10. The maximum atomic E-state index is 11.7. The maximum absolute atomic E-state index is 11.7. The minimum Gasteiger partial charge on any atom is -0.361 e. The third-order valence-corrected chi connectivity index (χ3v) is 2.60. The van der Waals surface area contributed by atoms with Gasteiger partial charge in [0.05, 0.1) is 6.33 Å². The Kier molecular flexibility index (Phi) is 3.78. The van der Waals surface area contributed by atoms with E-state index in [1.165, 1.54) is 19.7 Å². The molecule has 2 N–H and O–H groups in total. The van der Waals surface area contributed by atoms with Crippen molar-refractivity contribution in [1.29, 1.82) is 0 Å². The number of anilines is 1. The summed E-state index contributed by atoms with van der Waals surface area (Å²) in [6.45, 7) is -0.0478. The highest BCUT2D eigenvalue weighted by Gasteiger charge is 2.14. The van der Waals surface area contributed by atoms with Crippen molar-refractivity contribution in [2.24, 2.45) is 0 Å². The van der Waals surface area contributed by atoms with Crippen LogP contribution in [0.25, 0.3) is 11.2 Å². The van der Waals surface area contributed by atoms with Gasteiger partial charge in [0.2, 0.25) is 5.91 Å². The average molecular weight is 277 g/mol. The van der Waals surface area contributed by atoms with Crippen molar-refractivity contribution in [2.75, 3.05) is 26.0 Å². The molecule has 0 unspecified atom stereocenters. The van der Waals surface area contributed by atoms with E-state index in [2.05, 4.69) is 25.6 Å². The molecule has 0 aliphatic carbocycles. The van der Waals surface area contributed by atoms with E-state index in [0.29, 0.717) is 17.0 Å². The number of aromatic nitrogens is 4. The van der Waals surface area contributed by atoms with E-state index in [0.717, 1.165) is 0 Å². The largest absolute Gasteiger partial charge is 0.361 e. The zero-order chi connectivity index (χ0) is 14.7. The number of rotatable bonds is 3. The first kappa shape index (κ1) is 13.7. The summed E-state index contributed by atoms with van der Waals surface area (Å²) in [7, 11) is 5.13. The highest BCUT2D eigenvalue weighted by molar-refractivity contribution is 5.94. The van der Waals surface area contributed by atoms with Crippen molar-refractivity contribution < 1.29 is 9.59 Å². The third kappa shape index (κ3) is 2.66. The average Bonchev–Trinajstić information content (AvgIpc) is 2.81. The van der Waals surface area contributed by atoms with Gasteiger partial charge < -0.3 is 14.8 Å². The van der Waals surface area contributed by atoms with Crippen LogP contribution in [0.4, 0.5) is 10.6 Å². The second-order valence-corrected chi connectivity index (χ2v) is 4.26. The Hall–Kier alpha value is -2.71. The van der Waals surface area contributed by atoms with Crippen molar-refractivity contribution in [3.63, 3.8) is 0 Å². The molecular formula is C11H15N7O2. The van der Waals surface area contributed by atoms with Gasteiger partial charge in [0.1, 0.15) is 12.9 Å². The summed E-state index contributed by atoms with van der Waals surface area (Å²) in [4.78, 5) is 37.0. The molecule has 2 aromatic heterocycles. The van der Waals surface area contributed by atoms with E-state index >= 15 is 0 Å². The molecule has 2 rings (SSSR count). The fraction of sp³-hybridized carbons (Fsp3) is 0.364. The topological polar surface area (TPSA) is 105 Å². The van der Waals surface area contributed by atoms with Crippen molar-refractivity contribution >= 4 is 28.9 Å². The van der Waals surface area contributed by atoms with Gasteiger partial charge in [-0.15, -0.1) is 0 Å². The zero-order valence-electron chi connectivity index (χ0n) is 11.4. The van der Waals surface area contributed by atoms with Gasteiger partial charge in [-0.05, 0) is 0 Å².